The standard InChI is InChI=1S/C12H16N2/c1-8-2-3-11-9(6-8)10-7-13-5-4-12(10)14-11/h2-3,6,10,12-14H,4-5,7H2,1H3/t10-,12-/m1/s1. The van der Waals surface area contributed by atoms with Crippen molar-refractivity contribution in [1.29, 1.82) is 0 Å². The molecule has 0 saturated carbocycles. The third kappa shape index (κ3) is 1.14. The second kappa shape index (κ2) is 2.99. The second-order valence-electron chi connectivity index (χ2n) is 4.44. The van der Waals surface area contributed by atoms with Crippen LogP contribution in [0.15, 0.2) is 18.2 Å². The number of hydrogen-bond donors (Lipinski definition) is 2. The van der Waals surface area contributed by atoms with Crippen LogP contribution in [-0.4, -0.2) is 19.1 Å². The quantitative estimate of drug-likeness (QED) is 0.649. The third-order valence-corrected chi connectivity index (χ3v) is 3.43. The molecule has 0 amide bonds. The summed E-state index contributed by atoms with van der Waals surface area (Å²) < 4.78 is 0. The van der Waals surface area contributed by atoms with Gasteiger partial charge in [-0.05, 0) is 31.5 Å². The molecule has 2 heterocycles. The first-order chi connectivity index (χ1) is 6.84. The van der Waals surface area contributed by atoms with Crippen molar-refractivity contribution in [3.8, 4) is 0 Å². The Hall–Kier alpha value is -1.02. The Labute approximate surface area is 84.7 Å². The molecule has 1 saturated heterocycles. The summed E-state index contributed by atoms with van der Waals surface area (Å²) in [5.74, 6) is 0.693. The summed E-state index contributed by atoms with van der Waals surface area (Å²) in [6.45, 7) is 4.46. The van der Waals surface area contributed by atoms with Gasteiger partial charge in [0.05, 0.1) is 0 Å². The molecule has 2 N–H and O–H groups in total. The summed E-state index contributed by atoms with van der Waals surface area (Å²) in [7, 11) is 0. The van der Waals surface area contributed by atoms with E-state index in [1.54, 1.807) is 0 Å². The van der Waals surface area contributed by atoms with Gasteiger partial charge < -0.3 is 10.6 Å². The van der Waals surface area contributed by atoms with Crippen molar-refractivity contribution in [3.05, 3.63) is 29.3 Å². The monoisotopic (exact) mass is 188 g/mol. The van der Waals surface area contributed by atoms with Crippen LogP contribution in [0.3, 0.4) is 0 Å². The van der Waals surface area contributed by atoms with Gasteiger partial charge in [0.25, 0.3) is 0 Å². The van der Waals surface area contributed by atoms with E-state index in [0.717, 1.165) is 13.1 Å². The lowest BCUT2D eigenvalue weighted by atomic mass is 9.90. The maximum atomic E-state index is 3.62. The van der Waals surface area contributed by atoms with E-state index in [0.29, 0.717) is 12.0 Å². The number of nitrogens with one attached hydrogen (secondary N) is 2. The zero-order chi connectivity index (χ0) is 9.54. The van der Waals surface area contributed by atoms with E-state index in [-0.39, 0.29) is 0 Å². The van der Waals surface area contributed by atoms with Gasteiger partial charge in [-0.25, -0.2) is 0 Å². The Balaban J connectivity index is 2.02. The van der Waals surface area contributed by atoms with E-state index >= 15 is 0 Å². The van der Waals surface area contributed by atoms with E-state index in [9.17, 15) is 0 Å². The van der Waals surface area contributed by atoms with E-state index < -0.39 is 0 Å². The first-order valence-electron chi connectivity index (χ1n) is 5.42. The minimum absolute atomic E-state index is 0.674. The summed E-state index contributed by atoms with van der Waals surface area (Å²) in [5, 5.41) is 7.10. The Bertz CT molecular complexity index is 359. The van der Waals surface area contributed by atoms with E-state index in [2.05, 4.69) is 35.8 Å². The zero-order valence-corrected chi connectivity index (χ0v) is 8.51. The third-order valence-electron chi connectivity index (χ3n) is 3.43. The first-order valence-corrected chi connectivity index (χ1v) is 5.42. The summed E-state index contributed by atoms with van der Waals surface area (Å²) >= 11 is 0. The van der Waals surface area contributed by atoms with Crippen LogP contribution in [0.25, 0.3) is 0 Å². The van der Waals surface area contributed by atoms with Crippen molar-refractivity contribution in [2.75, 3.05) is 18.4 Å². The van der Waals surface area contributed by atoms with E-state index in [1.165, 1.54) is 23.2 Å². The maximum absolute atomic E-state index is 3.62. The van der Waals surface area contributed by atoms with E-state index in [4.69, 9.17) is 0 Å². The van der Waals surface area contributed by atoms with E-state index in [1.807, 2.05) is 0 Å². The fourth-order valence-corrected chi connectivity index (χ4v) is 2.68. The average Bonchev–Trinajstić information content (AvgIpc) is 2.56. The lowest BCUT2D eigenvalue weighted by molar-refractivity contribution is 0.440. The topological polar surface area (TPSA) is 24.1 Å². The number of anilines is 1. The van der Waals surface area contributed by atoms with Crippen molar-refractivity contribution >= 4 is 5.69 Å². The molecule has 2 aliphatic heterocycles. The molecule has 2 aliphatic rings. The number of rotatable bonds is 0. The molecule has 0 aliphatic carbocycles. The summed E-state index contributed by atoms with van der Waals surface area (Å²) in [4.78, 5) is 0. The minimum Gasteiger partial charge on any atom is -0.381 e. The van der Waals surface area contributed by atoms with Crippen LogP contribution in [0.2, 0.25) is 0 Å². The highest BCUT2D eigenvalue weighted by Gasteiger charge is 2.33. The molecule has 3 rings (SSSR count). The van der Waals surface area contributed by atoms with Crippen LogP contribution in [0, 0.1) is 6.92 Å². The van der Waals surface area contributed by atoms with Gasteiger partial charge >= 0.3 is 0 Å². The largest absolute Gasteiger partial charge is 0.381 e. The highest BCUT2D eigenvalue weighted by Crippen LogP contribution is 2.38. The second-order valence-corrected chi connectivity index (χ2v) is 4.44. The predicted molar refractivity (Wildman–Crippen MR) is 58.8 cm³/mol. The van der Waals surface area contributed by atoms with Crippen molar-refractivity contribution in [2.45, 2.75) is 25.3 Å². The normalized spacial score (nSPS) is 29.2. The molecular weight excluding hydrogens is 172 g/mol. The molecule has 0 radical (unpaired) electrons. The molecule has 1 fully saturated rings. The zero-order valence-electron chi connectivity index (χ0n) is 8.51. The van der Waals surface area contributed by atoms with Crippen LogP contribution in [0.4, 0.5) is 5.69 Å². The van der Waals surface area contributed by atoms with Crippen molar-refractivity contribution in [3.63, 3.8) is 0 Å². The number of piperidine rings is 1. The summed E-state index contributed by atoms with van der Waals surface area (Å²) in [6, 6.07) is 7.42. The Morgan fingerprint density at radius 3 is 3.21 bits per heavy atom. The van der Waals surface area contributed by atoms with Gasteiger partial charge in [0, 0.05) is 24.2 Å². The first kappa shape index (κ1) is 8.30. The van der Waals surface area contributed by atoms with Gasteiger partial charge in [0.1, 0.15) is 0 Å². The molecule has 2 nitrogen and oxygen atoms in total. The Morgan fingerprint density at radius 1 is 1.36 bits per heavy atom. The van der Waals surface area contributed by atoms with Gasteiger partial charge in [-0.3, -0.25) is 0 Å². The minimum atomic E-state index is 0.674. The molecule has 1 aromatic carbocycles. The van der Waals surface area contributed by atoms with Gasteiger partial charge in [-0.2, -0.15) is 0 Å². The SMILES string of the molecule is Cc1ccc2c(c1)[C@H]1CNCC[C@H]1N2. The number of fused-ring (bicyclic) bond motifs is 3. The predicted octanol–water partition coefficient (Wildman–Crippen LogP) is 1.87. The van der Waals surface area contributed by atoms with Crippen LogP contribution < -0.4 is 10.6 Å². The molecule has 0 bridgehead atoms. The molecule has 74 valence electrons. The van der Waals surface area contributed by atoms with Crippen LogP contribution in [0.1, 0.15) is 23.5 Å². The van der Waals surface area contributed by atoms with Crippen LogP contribution >= 0.6 is 0 Å². The fraction of sp³-hybridized carbons (Fsp3) is 0.500. The number of aryl methyl sites for hydroxylation is 1. The number of hydrogen-bond acceptors (Lipinski definition) is 2. The molecular formula is C12H16N2. The van der Waals surface area contributed by atoms with Gasteiger partial charge in [0.2, 0.25) is 0 Å². The van der Waals surface area contributed by atoms with Crippen molar-refractivity contribution in [2.24, 2.45) is 0 Å². The van der Waals surface area contributed by atoms with Crippen LogP contribution in [0.5, 0.6) is 0 Å². The molecule has 14 heavy (non-hydrogen) atoms. The smallest absolute Gasteiger partial charge is 0.0379 e. The van der Waals surface area contributed by atoms with Gasteiger partial charge in [-0.15, -0.1) is 0 Å². The Kier molecular flexibility index (Phi) is 1.77. The molecule has 0 unspecified atom stereocenters. The van der Waals surface area contributed by atoms with Crippen molar-refractivity contribution < 1.29 is 0 Å². The molecule has 2 atom stereocenters. The molecule has 0 spiro atoms. The number of benzene rings is 1. The summed E-state index contributed by atoms with van der Waals surface area (Å²) in [5.41, 5.74) is 4.24. The summed E-state index contributed by atoms with van der Waals surface area (Å²) in [6.07, 6.45) is 1.25. The van der Waals surface area contributed by atoms with Crippen LogP contribution in [-0.2, 0) is 0 Å². The highest BCUT2D eigenvalue weighted by atomic mass is 15.0. The molecule has 1 aromatic rings. The highest BCUT2D eigenvalue weighted by molar-refractivity contribution is 5.60. The molecule has 0 aromatic heterocycles. The lowest BCUT2D eigenvalue weighted by Gasteiger charge is -2.26. The maximum Gasteiger partial charge on any atom is 0.0379 e. The Morgan fingerprint density at radius 2 is 2.29 bits per heavy atom. The average molecular weight is 188 g/mol. The lowest BCUT2D eigenvalue weighted by Crippen LogP contribution is -2.38. The molecule has 2 heteroatoms. The van der Waals surface area contributed by atoms with Gasteiger partial charge in [0.15, 0.2) is 0 Å². The fourth-order valence-electron chi connectivity index (χ4n) is 2.68. The van der Waals surface area contributed by atoms with Gasteiger partial charge in [-0.1, -0.05) is 17.7 Å². The van der Waals surface area contributed by atoms with Crippen molar-refractivity contribution in [1.82, 2.24) is 5.32 Å².